The maximum atomic E-state index is 13.6. The Morgan fingerprint density at radius 1 is 1.25 bits per heavy atom. The maximum Gasteiger partial charge on any atom is 0.349 e. The van der Waals surface area contributed by atoms with E-state index in [0.717, 1.165) is 42.6 Å². The van der Waals surface area contributed by atoms with E-state index in [1.807, 2.05) is 26.8 Å². The summed E-state index contributed by atoms with van der Waals surface area (Å²) in [5.41, 5.74) is 1.79. The minimum Gasteiger partial charge on any atom is -0.453 e. The van der Waals surface area contributed by atoms with Gasteiger partial charge in [0.15, 0.2) is 6.61 Å². The van der Waals surface area contributed by atoms with Gasteiger partial charge in [-0.25, -0.2) is 13.6 Å². The molecule has 0 fully saturated rings. The molecule has 2 rings (SSSR count). The third-order valence-corrected chi connectivity index (χ3v) is 4.26. The Labute approximate surface area is 161 Å². The van der Waals surface area contributed by atoms with Crippen LogP contribution in [0.1, 0.15) is 40.7 Å². The number of ketones is 1. The Balaban J connectivity index is 2.15. The molecule has 146 valence electrons. The molecule has 28 heavy (non-hydrogen) atoms. The zero-order valence-electron chi connectivity index (χ0n) is 15.9. The highest BCUT2D eigenvalue weighted by atomic mass is 19.1. The SMILES string of the molecule is CCCn1c(C)cc(/C=C(\C#N)C(=O)OCC(=O)c2cc(F)ccc2F)c1C. The van der Waals surface area contributed by atoms with Crippen molar-refractivity contribution in [3.8, 4) is 6.07 Å². The molecule has 0 unspecified atom stereocenters. The Morgan fingerprint density at radius 3 is 2.61 bits per heavy atom. The number of benzene rings is 1. The summed E-state index contributed by atoms with van der Waals surface area (Å²) in [6.45, 7) is 5.87. The van der Waals surface area contributed by atoms with E-state index < -0.39 is 35.6 Å². The predicted molar refractivity (Wildman–Crippen MR) is 99.4 cm³/mol. The quantitative estimate of drug-likeness (QED) is 0.310. The van der Waals surface area contributed by atoms with Crippen molar-refractivity contribution < 1.29 is 23.1 Å². The number of carbonyl (C=O) groups is 2. The van der Waals surface area contributed by atoms with Crippen LogP contribution >= 0.6 is 0 Å². The van der Waals surface area contributed by atoms with Crippen LogP contribution in [0.4, 0.5) is 8.78 Å². The van der Waals surface area contributed by atoms with E-state index >= 15 is 0 Å². The van der Waals surface area contributed by atoms with Gasteiger partial charge in [-0.05, 0) is 56.2 Å². The van der Waals surface area contributed by atoms with Crippen LogP contribution in [0.25, 0.3) is 6.08 Å². The molecule has 0 spiro atoms. The molecule has 0 saturated heterocycles. The highest BCUT2D eigenvalue weighted by molar-refractivity contribution is 6.02. The molecule has 0 saturated carbocycles. The fourth-order valence-corrected chi connectivity index (χ4v) is 2.83. The smallest absolute Gasteiger partial charge is 0.349 e. The minimum absolute atomic E-state index is 0.288. The lowest BCUT2D eigenvalue weighted by atomic mass is 10.1. The number of nitriles is 1. The van der Waals surface area contributed by atoms with Crippen molar-refractivity contribution in [3.63, 3.8) is 0 Å². The molecule has 1 aromatic carbocycles. The fraction of sp³-hybridized carbons (Fsp3) is 0.286. The molecule has 0 bridgehead atoms. The van der Waals surface area contributed by atoms with E-state index in [-0.39, 0.29) is 5.57 Å². The molecule has 2 aromatic rings. The number of hydrogen-bond donors (Lipinski definition) is 0. The minimum atomic E-state index is -1.01. The van der Waals surface area contributed by atoms with Crippen molar-refractivity contribution in [2.45, 2.75) is 33.7 Å². The van der Waals surface area contributed by atoms with E-state index in [1.54, 1.807) is 6.07 Å². The van der Waals surface area contributed by atoms with Gasteiger partial charge >= 0.3 is 5.97 Å². The zero-order valence-corrected chi connectivity index (χ0v) is 15.9. The summed E-state index contributed by atoms with van der Waals surface area (Å²) in [5, 5.41) is 9.27. The molecule has 0 N–H and O–H groups in total. The summed E-state index contributed by atoms with van der Waals surface area (Å²) in [7, 11) is 0. The average Bonchev–Trinajstić information content (AvgIpc) is 2.93. The molecule has 5 nitrogen and oxygen atoms in total. The van der Waals surface area contributed by atoms with Crippen LogP contribution in [0.2, 0.25) is 0 Å². The van der Waals surface area contributed by atoms with E-state index in [1.165, 1.54) is 6.08 Å². The van der Waals surface area contributed by atoms with Crippen LogP contribution < -0.4 is 0 Å². The second-order valence-electron chi connectivity index (χ2n) is 6.27. The average molecular weight is 386 g/mol. The number of halogens is 2. The summed E-state index contributed by atoms with van der Waals surface area (Å²) in [6.07, 6.45) is 2.33. The molecule has 0 radical (unpaired) electrons. The standard InChI is InChI=1S/C21H20F2N2O3/c1-4-7-25-13(2)8-15(14(25)3)9-16(11-24)21(27)28-12-20(26)18-10-17(22)5-6-19(18)23/h5-6,8-10H,4,7,12H2,1-3H3/b16-9+. The normalized spacial score (nSPS) is 11.2. The van der Waals surface area contributed by atoms with Crippen LogP contribution in [0.15, 0.2) is 29.8 Å². The van der Waals surface area contributed by atoms with Crippen molar-refractivity contribution >= 4 is 17.8 Å². The summed E-state index contributed by atoms with van der Waals surface area (Å²) < 4.78 is 33.7. The van der Waals surface area contributed by atoms with Gasteiger partial charge in [0.2, 0.25) is 5.78 Å². The van der Waals surface area contributed by atoms with Crippen LogP contribution in [0.5, 0.6) is 0 Å². The summed E-state index contributed by atoms with van der Waals surface area (Å²) in [5.74, 6) is -3.60. The van der Waals surface area contributed by atoms with Crippen molar-refractivity contribution in [1.82, 2.24) is 4.57 Å². The van der Waals surface area contributed by atoms with Crippen molar-refractivity contribution in [2.24, 2.45) is 0 Å². The summed E-state index contributed by atoms with van der Waals surface area (Å²) in [4.78, 5) is 24.1. The third kappa shape index (κ3) is 4.71. The first-order valence-electron chi connectivity index (χ1n) is 8.72. The van der Waals surface area contributed by atoms with Gasteiger partial charge in [-0.3, -0.25) is 4.79 Å². The highest BCUT2D eigenvalue weighted by Crippen LogP contribution is 2.19. The van der Waals surface area contributed by atoms with Crippen molar-refractivity contribution in [2.75, 3.05) is 6.61 Å². The Kier molecular flexibility index (Phi) is 6.83. The van der Waals surface area contributed by atoms with Gasteiger partial charge in [-0.15, -0.1) is 0 Å². The van der Waals surface area contributed by atoms with Crippen molar-refractivity contribution in [3.05, 3.63) is 64.0 Å². The number of rotatable bonds is 7. The van der Waals surface area contributed by atoms with Crippen LogP contribution in [-0.2, 0) is 16.1 Å². The number of carbonyl (C=O) groups excluding carboxylic acids is 2. The lowest BCUT2D eigenvalue weighted by Gasteiger charge is -2.07. The number of aromatic nitrogens is 1. The highest BCUT2D eigenvalue weighted by Gasteiger charge is 2.18. The molecule has 0 amide bonds. The van der Waals surface area contributed by atoms with Gasteiger partial charge in [0.05, 0.1) is 5.56 Å². The van der Waals surface area contributed by atoms with Crippen LogP contribution in [0.3, 0.4) is 0 Å². The molecule has 0 aliphatic rings. The van der Waals surface area contributed by atoms with Crippen LogP contribution in [0, 0.1) is 36.8 Å². The maximum absolute atomic E-state index is 13.6. The third-order valence-electron chi connectivity index (χ3n) is 4.26. The number of nitrogens with zero attached hydrogens (tertiary/aromatic N) is 2. The summed E-state index contributed by atoms with van der Waals surface area (Å²) >= 11 is 0. The second kappa shape index (κ2) is 9.09. The number of ether oxygens (including phenoxy) is 1. The largest absolute Gasteiger partial charge is 0.453 e. The molecule has 0 aliphatic heterocycles. The van der Waals surface area contributed by atoms with Gasteiger partial charge in [0.25, 0.3) is 0 Å². The monoisotopic (exact) mass is 386 g/mol. The first kappa shape index (κ1) is 21.0. The number of esters is 1. The Morgan fingerprint density at radius 2 is 1.96 bits per heavy atom. The lowest BCUT2D eigenvalue weighted by Crippen LogP contribution is -2.16. The summed E-state index contributed by atoms with van der Waals surface area (Å²) in [6, 6.07) is 6.03. The molecular weight excluding hydrogens is 366 g/mol. The molecule has 1 aromatic heterocycles. The van der Waals surface area contributed by atoms with E-state index in [9.17, 15) is 23.6 Å². The van der Waals surface area contributed by atoms with Crippen LogP contribution in [-0.4, -0.2) is 22.9 Å². The zero-order chi connectivity index (χ0) is 20.8. The number of hydrogen-bond acceptors (Lipinski definition) is 4. The van der Waals surface area contributed by atoms with Gasteiger partial charge in [0, 0.05) is 17.9 Å². The van der Waals surface area contributed by atoms with Crippen molar-refractivity contribution in [1.29, 1.82) is 5.26 Å². The van der Waals surface area contributed by atoms with E-state index in [0.29, 0.717) is 5.56 Å². The lowest BCUT2D eigenvalue weighted by molar-refractivity contribution is -0.137. The number of Topliss-reactive ketones (excluding diaryl/α,β-unsaturated/α-hetero) is 1. The van der Waals surface area contributed by atoms with E-state index in [4.69, 9.17) is 4.74 Å². The van der Waals surface area contributed by atoms with Gasteiger partial charge in [-0.2, -0.15) is 5.26 Å². The topological polar surface area (TPSA) is 72.1 Å². The van der Waals surface area contributed by atoms with Gasteiger partial charge in [-0.1, -0.05) is 6.92 Å². The first-order chi connectivity index (χ1) is 13.3. The number of aryl methyl sites for hydroxylation is 1. The van der Waals surface area contributed by atoms with E-state index in [2.05, 4.69) is 4.57 Å². The fourth-order valence-electron chi connectivity index (χ4n) is 2.83. The molecule has 1 heterocycles. The Hall–Kier alpha value is -3.27. The molecule has 7 heteroatoms. The second-order valence-corrected chi connectivity index (χ2v) is 6.27. The van der Waals surface area contributed by atoms with Gasteiger partial charge in [0.1, 0.15) is 23.3 Å². The van der Waals surface area contributed by atoms with Gasteiger partial charge < -0.3 is 9.30 Å². The first-order valence-corrected chi connectivity index (χ1v) is 8.72. The Bertz CT molecular complexity index is 984. The predicted octanol–water partition coefficient (Wildman–Crippen LogP) is 4.13. The molecule has 0 aliphatic carbocycles. The molecular formula is C21H20F2N2O3. The molecule has 0 atom stereocenters.